The normalized spacial score (nSPS) is 17.5. The van der Waals surface area contributed by atoms with E-state index in [0.717, 1.165) is 12.3 Å². The molecule has 182 valence electrons. The van der Waals surface area contributed by atoms with Crippen LogP contribution in [0.3, 0.4) is 0 Å². The van der Waals surface area contributed by atoms with Gasteiger partial charge in [-0.15, -0.1) is 0 Å². The first-order valence-corrected chi connectivity index (χ1v) is 13.0. The minimum Gasteiger partial charge on any atom is -0.444 e. The summed E-state index contributed by atoms with van der Waals surface area (Å²) in [5.74, 6) is -1.00. The average Bonchev–Trinajstić information content (AvgIpc) is 3.18. The molecule has 0 spiro atoms. The molecule has 1 fully saturated rings. The third-order valence-electron chi connectivity index (χ3n) is 5.11. The van der Waals surface area contributed by atoms with E-state index in [4.69, 9.17) is 8.92 Å². The fourth-order valence-corrected chi connectivity index (χ4v) is 4.53. The van der Waals surface area contributed by atoms with Crippen molar-refractivity contribution in [2.45, 2.75) is 38.8 Å². The number of carbonyl (C=O) groups is 2. The first-order valence-electron chi connectivity index (χ1n) is 10.4. The van der Waals surface area contributed by atoms with Crippen molar-refractivity contribution in [1.82, 2.24) is 14.8 Å². The second-order valence-corrected chi connectivity index (χ2v) is 11.3. The fraction of sp³-hybridized carbons (Fsp3) is 0.524. The topological polar surface area (TPSA) is 109 Å². The number of amides is 2. The van der Waals surface area contributed by atoms with Crippen LogP contribution in [0, 0.1) is 5.82 Å². The number of rotatable bonds is 5. The number of piperazine rings is 1. The second kappa shape index (κ2) is 9.59. The van der Waals surface area contributed by atoms with Gasteiger partial charge >= 0.3 is 6.09 Å². The van der Waals surface area contributed by atoms with Crippen LogP contribution in [0.25, 0.3) is 10.9 Å². The zero-order valence-corrected chi connectivity index (χ0v) is 21.3. The zero-order valence-electron chi connectivity index (χ0n) is 18.9. The Labute approximate surface area is 200 Å². The lowest BCUT2D eigenvalue weighted by molar-refractivity contribution is 0.00226. The molecular weight excluding hydrogens is 521 g/mol. The van der Waals surface area contributed by atoms with Crippen molar-refractivity contribution in [1.29, 1.82) is 0 Å². The number of nitrogens with one attached hydrogen (secondary N) is 1. The van der Waals surface area contributed by atoms with E-state index in [-0.39, 0.29) is 42.7 Å². The van der Waals surface area contributed by atoms with Gasteiger partial charge in [0.2, 0.25) is 0 Å². The summed E-state index contributed by atoms with van der Waals surface area (Å²) in [7, 11) is -3.67. The fourth-order valence-electron chi connectivity index (χ4n) is 3.69. The van der Waals surface area contributed by atoms with Crippen LogP contribution < -0.4 is 0 Å². The highest BCUT2D eigenvalue weighted by Gasteiger charge is 2.35. The van der Waals surface area contributed by atoms with E-state index in [2.05, 4.69) is 20.9 Å². The smallest absolute Gasteiger partial charge is 0.410 e. The third-order valence-corrected chi connectivity index (χ3v) is 6.51. The number of halogens is 2. The van der Waals surface area contributed by atoms with Gasteiger partial charge in [0.25, 0.3) is 16.0 Å². The number of ether oxygens (including phenoxy) is 1. The molecule has 9 nitrogen and oxygen atoms in total. The lowest BCUT2D eigenvalue weighted by Crippen LogP contribution is -2.57. The summed E-state index contributed by atoms with van der Waals surface area (Å²) in [6.45, 7) is 5.62. The monoisotopic (exact) mass is 547 g/mol. The third kappa shape index (κ3) is 6.24. The molecule has 2 heterocycles. The molecule has 0 bridgehead atoms. The maximum atomic E-state index is 14.5. The quantitative estimate of drug-likeness (QED) is 0.574. The molecule has 1 N–H and O–H groups in total. The summed E-state index contributed by atoms with van der Waals surface area (Å²) in [5, 5.41) is 0.530. The molecule has 33 heavy (non-hydrogen) atoms. The van der Waals surface area contributed by atoms with Crippen molar-refractivity contribution in [2.75, 3.05) is 32.5 Å². The van der Waals surface area contributed by atoms with Crippen molar-refractivity contribution in [3.8, 4) is 0 Å². The zero-order chi connectivity index (χ0) is 24.6. The summed E-state index contributed by atoms with van der Waals surface area (Å²) >= 11 is 3.20. The molecule has 1 aromatic carbocycles. The summed E-state index contributed by atoms with van der Waals surface area (Å²) in [6.07, 6.45) is 2.19. The Balaban J connectivity index is 1.87. The van der Waals surface area contributed by atoms with E-state index in [9.17, 15) is 22.4 Å². The Morgan fingerprint density at radius 2 is 2.00 bits per heavy atom. The molecule has 3 rings (SSSR count). The van der Waals surface area contributed by atoms with E-state index >= 15 is 0 Å². The van der Waals surface area contributed by atoms with Gasteiger partial charge in [-0.1, -0.05) is 0 Å². The van der Waals surface area contributed by atoms with E-state index in [1.807, 2.05) is 0 Å². The van der Waals surface area contributed by atoms with Gasteiger partial charge in [-0.25, -0.2) is 9.18 Å². The van der Waals surface area contributed by atoms with Crippen LogP contribution in [-0.2, 0) is 19.0 Å². The Bertz CT molecular complexity index is 1160. The number of H-pyrrole nitrogens is 1. The molecule has 1 saturated heterocycles. The average molecular weight is 548 g/mol. The number of aromatic nitrogens is 1. The van der Waals surface area contributed by atoms with Gasteiger partial charge in [-0.3, -0.25) is 8.98 Å². The predicted molar refractivity (Wildman–Crippen MR) is 124 cm³/mol. The highest BCUT2D eigenvalue weighted by Crippen LogP contribution is 2.31. The van der Waals surface area contributed by atoms with Crippen LogP contribution in [0.1, 0.15) is 37.6 Å². The largest absolute Gasteiger partial charge is 0.444 e. The van der Waals surface area contributed by atoms with Crippen molar-refractivity contribution in [3.05, 3.63) is 34.2 Å². The number of fused-ring (bicyclic) bond motifs is 1. The van der Waals surface area contributed by atoms with Crippen molar-refractivity contribution in [2.24, 2.45) is 0 Å². The molecule has 12 heteroatoms. The van der Waals surface area contributed by atoms with Crippen molar-refractivity contribution in [3.63, 3.8) is 0 Å². The molecule has 1 aromatic heterocycles. The molecular formula is C21H27BrFN3O6S. The van der Waals surface area contributed by atoms with Gasteiger partial charge in [0, 0.05) is 31.2 Å². The van der Waals surface area contributed by atoms with Gasteiger partial charge in [-0.05, 0) is 55.3 Å². The van der Waals surface area contributed by atoms with Crippen LogP contribution in [0.15, 0.2) is 22.8 Å². The second-order valence-electron chi connectivity index (χ2n) is 8.88. The van der Waals surface area contributed by atoms with E-state index in [1.165, 1.54) is 9.80 Å². The number of aromatic amines is 1. The number of hydrogen-bond donors (Lipinski definition) is 1. The van der Waals surface area contributed by atoms with Gasteiger partial charge in [0.15, 0.2) is 0 Å². The minimum atomic E-state index is -3.67. The number of benzene rings is 1. The molecule has 0 unspecified atom stereocenters. The van der Waals surface area contributed by atoms with Crippen molar-refractivity contribution >= 4 is 49.0 Å². The Hall–Kier alpha value is -2.18. The molecule has 2 amide bonds. The summed E-state index contributed by atoms with van der Waals surface area (Å²) in [5.41, 5.74) is -0.0583. The van der Waals surface area contributed by atoms with Gasteiger partial charge in [0.1, 0.15) is 11.4 Å². The van der Waals surface area contributed by atoms with E-state index in [1.54, 1.807) is 33.0 Å². The number of carbonyl (C=O) groups excluding carboxylic acids is 2. The molecule has 1 aliphatic rings. The van der Waals surface area contributed by atoms with Gasteiger partial charge in [-0.2, -0.15) is 8.42 Å². The maximum absolute atomic E-state index is 14.5. The highest BCUT2D eigenvalue weighted by molar-refractivity contribution is 9.10. The van der Waals surface area contributed by atoms with Crippen LogP contribution in [0.5, 0.6) is 0 Å². The van der Waals surface area contributed by atoms with Crippen LogP contribution in [0.4, 0.5) is 9.18 Å². The lowest BCUT2D eigenvalue weighted by atomic mass is 10.0. The lowest BCUT2D eigenvalue weighted by Gasteiger charge is -2.41. The minimum absolute atomic E-state index is 0.126. The summed E-state index contributed by atoms with van der Waals surface area (Å²) in [4.78, 5) is 32.0. The van der Waals surface area contributed by atoms with E-state index < -0.39 is 39.6 Å². The maximum Gasteiger partial charge on any atom is 0.410 e. The molecule has 2 aromatic rings. The molecule has 1 aliphatic heterocycles. The Morgan fingerprint density at radius 3 is 2.64 bits per heavy atom. The van der Waals surface area contributed by atoms with Crippen LogP contribution in [0.2, 0.25) is 0 Å². The number of nitrogens with zero attached hydrogens (tertiary/aromatic N) is 2. The first kappa shape index (κ1) is 25.4. The SMILES string of the molecule is CC(C)(C)OC(=O)N1CCN(C(=O)c2cc(F)c(Br)c3cc[nH]c23)[C@@H](CCOS(C)(=O)=O)C1. The van der Waals surface area contributed by atoms with Gasteiger partial charge < -0.3 is 19.5 Å². The molecule has 0 radical (unpaired) electrons. The van der Waals surface area contributed by atoms with Gasteiger partial charge in [0.05, 0.1) is 34.5 Å². The molecule has 0 saturated carbocycles. The Morgan fingerprint density at radius 1 is 1.30 bits per heavy atom. The highest BCUT2D eigenvalue weighted by atomic mass is 79.9. The van der Waals surface area contributed by atoms with Crippen molar-refractivity contribution < 1.29 is 31.3 Å². The summed E-state index contributed by atoms with van der Waals surface area (Å²) < 4.78 is 47.8. The number of hydrogen-bond acceptors (Lipinski definition) is 6. The predicted octanol–water partition coefficient (Wildman–Crippen LogP) is 3.50. The van der Waals surface area contributed by atoms with E-state index in [0.29, 0.717) is 10.9 Å². The standard InChI is InChI=1S/C21H27BrFN3O6S/c1-21(2,3)32-20(28)25-8-9-26(13(12-25)6-10-31-33(4,29)30)19(27)15-11-16(23)17(22)14-5-7-24-18(14)15/h5,7,11,13,24H,6,8-10,12H2,1-4H3/t13-/m0/s1. The molecule has 0 aliphatic carbocycles. The Kier molecular flexibility index (Phi) is 7.39. The first-order chi connectivity index (χ1) is 15.3. The van der Waals surface area contributed by atoms with Crippen LogP contribution in [-0.4, -0.2) is 79.3 Å². The van der Waals surface area contributed by atoms with Crippen LogP contribution >= 0.6 is 15.9 Å². The molecule has 1 atom stereocenters. The summed E-state index contributed by atoms with van der Waals surface area (Å²) in [6, 6.07) is 2.27.